The number of anilines is 2. The van der Waals surface area contributed by atoms with Crippen LogP contribution >= 0.6 is 11.6 Å². The second-order valence-corrected chi connectivity index (χ2v) is 7.55. The summed E-state index contributed by atoms with van der Waals surface area (Å²) in [7, 11) is 3.60. The lowest BCUT2D eigenvalue weighted by Gasteiger charge is -2.21. The van der Waals surface area contributed by atoms with Crippen LogP contribution in [0, 0.1) is 5.82 Å². The number of hydrogen-bond acceptors (Lipinski definition) is 6. The Kier molecular flexibility index (Phi) is 6.91. The summed E-state index contributed by atoms with van der Waals surface area (Å²) in [6.45, 7) is 6.87. The highest BCUT2D eigenvalue weighted by atomic mass is 35.5. The van der Waals surface area contributed by atoms with E-state index in [-0.39, 0.29) is 11.1 Å². The standard InChI is InChI=1S/C22H24ClFN6O/c1-13(20-26-9-10-27-20)18(7-8-25-2)28-19-12-16(22(31)29-21(19)30(3)4)15-11-14(23)5-6-17(15)24/h5-8,11-12,28H,2,9-10H2,1,3-4H3,(H,26,27)(H,29,31)/b8-7-,18-13-. The molecular formula is C22H24ClFN6O. The number of rotatable bonds is 7. The minimum absolute atomic E-state index is 0.120. The van der Waals surface area contributed by atoms with Gasteiger partial charge in [0.1, 0.15) is 17.5 Å². The van der Waals surface area contributed by atoms with Crippen LogP contribution in [0.15, 0.2) is 62.6 Å². The fourth-order valence-electron chi connectivity index (χ4n) is 3.18. The highest BCUT2D eigenvalue weighted by Crippen LogP contribution is 2.30. The van der Waals surface area contributed by atoms with E-state index in [1.807, 2.05) is 6.92 Å². The lowest BCUT2D eigenvalue weighted by atomic mass is 10.1. The SMILES string of the molecule is C=N/C=C\C(Nc1cc(-c2cc(Cl)ccc2F)c(=O)[nH]c1N(C)C)=C(/C)C1=NCCN1. The molecule has 3 N–H and O–H groups in total. The van der Waals surface area contributed by atoms with E-state index in [9.17, 15) is 9.18 Å². The number of amidine groups is 1. The van der Waals surface area contributed by atoms with Crippen LogP contribution in [0.3, 0.4) is 0 Å². The molecule has 0 saturated heterocycles. The van der Waals surface area contributed by atoms with Crippen molar-refractivity contribution in [2.75, 3.05) is 37.4 Å². The normalized spacial score (nSPS) is 14.2. The Morgan fingerprint density at radius 3 is 2.77 bits per heavy atom. The summed E-state index contributed by atoms with van der Waals surface area (Å²) in [6.07, 6.45) is 3.31. The third-order valence-corrected chi connectivity index (χ3v) is 4.97. The topological polar surface area (TPSA) is 84.9 Å². The minimum atomic E-state index is -0.536. The molecule has 1 aromatic heterocycles. The number of hydrogen-bond donors (Lipinski definition) is 3. The average molecular weight is 443 g/mol. The summed E-state index contributed by atoms with van der Waals surface area (Å²) in [5.74, 6) is 0.765. The van der Waals surface area contributed by atoms with Crippen LogP contribution in [0.1, 0.15) is 6.92 Å². The third kappa shape index (κ3) is 5.03. The zero-order valence-electron chi connectivity index (χ0n) is 17.6. The van der Waals surface area contributed by atoms with Crippen LogP contribution in [-0.4, -0.2) is 44.7 Å². The second kappa shape index (κ2) is 9.61. The fraction of sp³-hybridized carbons (Fsp3) is 0.227. The molecule has 1 aliphatic heterocycles. The molecule has 0 amide bonds. The van der Waals surface area contributed by atoms with Gasteiger partial charge >= 0.3 is 0 Å². The number of benzene rings is 1. The molecule has 31 heavy (non-hydrogen) atoms. The van der Waals surface area contributed by atoms with Crippen molar-refractivity contribution in [1.82, 2.24) is 10.3 Å². The molecule has 0 unspecified atom stereocenters. The van der Waals surface area contributed by atoms with Gasteiger partial charge in [0, 0.05) is 48.7 Å². The quantitative estimate of drug-likeness (QED) is 0.449. The van der Waals surface area contributed by atoms with Gasteiger partial charge in [0.2, 0.25) is 0 Å². The lowest BCUT2D eigenvalue weighted by Crippen LogP contribution is -2.23. The van der Waals surface area contributed by atoms with Crippen LogP contribution in [-0.2, 0) is 0 Å². The maximum Gasteiger partial charge on any atom is 0.257 e. The van der Waals surface area contributed by atoms with Gasteiger partial charge in [-0.25, -0.2) is 4.39 Å². The van der Waals surface area contributed by atoms with E-state index < -0.39 is 11.4 Å². The lowest BCUT2D eigenvalue weighted by molar-refractivity contribution is 0.631. The van der Waals surface area contributed by atoms with E-state index in [4.69, 9.17) is 11.6 Å². The molecule has 0 saturated carbocycles. The minimum Gasteiger partial charge on any atom is -0.368 e. The molecule has 0 fully saturated rings. The van der Waals surface area contributed by atoms with E-state index in [0.29, 0.717) is 28.8 Å². The second-order valence-electron chi connectivity index (χ2n) is 7.11. The average Bonchev–Trinajstić information content (AvgIpc) is 3.28. The molecule has 1 aliphatic rings. The van der Waals surface area contributed by atoms with Crippen molar-refractivity contribution < 1.29 is 4.39 Å². The van der Waals surface area contributed by atoms with Gasteiger partial charge in [-0.2, -0.15) is 0 Å². The molecule has 2 aromatic rings. The molecule has 7 nitrogen and oxygen atoms in total. The monoisotopic (exact) mass is 442 g/mol. The summed E-state index contributed by atoms with van der Waals surface area (Å²) in [4.78, 5) is 25.6. The summed E-state index contributed by atoms with van der Waals surface area (Å²) in [5, 5.41) is 6.90. The zero-order chi connectivity index (χ0) is 22.5. The van der Waals surface area contributed by atoms with Gasteiger partial charge in [-0.05, 0) is 44.0 Å². The molecule has 162 valence electrons. The molecule has 0 bridgehead atoms. The first-order valence-corrected chi connectivity index (χ1v) is 9.98. The van der Waals surface area contributed by atoms with Gasteiger partial charge in [0.15, 0.2) is 0 Å². The largest absolute Gasteiger partial charge is 0.368 e. The number of aliphatic imine (C=N–C) groups is 2. The smallest absolute Gasteiger partial charge is 0.257 e. The Labute approximate surface area is 185 Å². The van der Waals surface area contributed by atoms with Crippen LogP contribution < -0.4 is 21.1 Å². The van der Waals surface area contributed by atoms with Crippen LogP contribution in [0.25, 0.3) is 11.1 Å². The van der Waals surface area contributed by atoms with Crippen LogP contribution in [0.5, 0.6) is 0 Å². The maximum absolute atomic E-state index is 14.5. The zero-order valence-corrected chi connectivity index (χ0v) is 18.3. The molecule has 0 aliphatic carbocycles. The summed E-state index contributed by atoms with van der Waals surface area (Å²) in [5.41, 5.74) is 1.99. The molecule has 2 heterocycles. The molecule has 0 radical (unpaired) electrons. The Balaban J connectivity index is 2.17. The van der Waals surface area contributed by atoms with Gasteiger partial charge in [0.05, 0.1) is 17.8 Å². The van der Waals surface area contributed by atoms with Gasteiger partial charge in [-0.15, -0.1) is 0 Å². The highest BCUT2D eigenvalue weighted by molar-refractivity contribution is 6.30. The van der Waals surface area contributed by atoms with Gasteiger partial charge < -0.3 is 20.5 Å². The van der Waals surface area contributed by atoms with Crippen LogP contribution in [0.4, 0.5) is 15.9 Å². The first-order valence-electron chi connectivity index (χ1n) is 9.61. The number of aromatic nitrogens is 1. The van der Waals surface area contributed by atoms with E-state index in [1.54, 1.807) is 37.3 Å². The maximum atomic E-state index is 14.5. The highest BCUT2D eigenvalue weighted by Gasteiger charge is 2.17. The number of H-pyrrole nitrogens is 1. The Hall–Kier alpha value is -3.39. The predicted molar refractivity (Wildman–Crippen MR) is 127 cm³/mol. The Morgan fingerprint density at radius 1 is 1.35 bits per heavy atom. The summed E-state index contributed by atoms with van der Waals surface area (Å²) < 4.78 is 14.5. The van der Waals surface area contributed by atoms with Crippen molar-refractivity contribution in [2.45, 2.75) is 6.92 Å². The van der Waals surface area contributed by atoms with Gasteiger partial charge in [-0.1, -0.05) is 11.6 Å². The van der Waals surface area contributed by atoms with E-state index in [1.165, 1.54) is 18.2 Å². The predicted octanol–water partition coefficient (Wildman–Crippen LogP) is 3.80. The molecule has 9 heteroatoms. The van der Waals surface area contributed by atoms with Crippen molar-refractivity contribution >= 4 is 35.7 Å². The fourth-order valence-corrected chi connectivity index (χ4v) is 3.35. The van der Waals surface area contributed by atoms with E-state index in [0.717, 1.165) is 18.0 Å². The number of allylic oxidation sites excluding steroid dienone is 1. The Morgan fingerprint density at radius 2 is 2.13 bits per heavy atom. The van der Waals surface area contributed by atoms with Gasteiger partial charge in [-0.3, -0.25) is 14.8 Å². The van der Waals surface area contributed by atoms with E-state index >= 15 is 0 Å². The molecule has 3 rings (SSSR count). The summed E-state index contributed by atoms with van der Waals surface area (Å²) in [6, 6.07) is 5.72. The molecule has 0 spiro atoms. The molecule has 0 atom stereocenters. The van der Waals surface area contributed by atoms with Crippen molar-refractivity contribution in [3.63, 3.8) is 0 Å². The van der Waals surface area contributed by atoms with Crippen molar-refractivity contribution in [3.05, 3.63) is 69.0 Å². The van der Waals surface area contributed by atoms with Crippen molar-refractivity contribution in [2.24, 2.45) is 9.98 Å². The number of nitrogens with zero attached hydrogens (tertiary/aromatic N) is 3. The van der Waals surface area contributed by atoms with Crippen molar-refractivity contribution in [1.29, 1.82) is 0 Å². The number of nitrogens with one attached hydrogen (secondary N) is 3. The first kappa shape index (κ1) is 22.3. The van der Waals surface area contributed by atoms with Gasteiger partial charge in [0.25, 0.3) is 5.56 Å². The molecule has 1 aromatic carbocycles. The summed E-state index contributed by atoms with van der Waals surface area (Å²) >= 11 is 6.04. The number of halogens is 2. The van der Waals surface area contributed by atoms with Crippen molar-refractivity contribution in [3.8, 4) is 11.1 Å². The number of aromatic amines is 1. The Bertz CT molecular complexity index is 1150. The number of pyridine rings is 1. The first-order chi connectivity index (χ1) is 14.8. The van der Waals surface area contributed by atoms with Crippen LogP contribution in [0.2, 0.25) is 5.02 Å². The third-order valence-electron chi connectivity index (χ3n) is 4.74. The van der Waals surface area contributed by atoms with E-state index in [2.05, 4.69) is 32.3 Å². The molecular weight excluding hydrogens is 419 g/mol.